The third-order valence-electron chi connectivity index (χ3n) is 5.57. The van der Waals surface area contributed by atoms with Gasteiger partial charge >= 0.3 is 6.09 Å². The maximum absolute atomic E-state index is 13.0. The van der Waals surface area contributed by atoms with E-state index in [1.807, 2.05) is 67.6 Å². The van der Waals surface area contributed by atoms with Crippen molar-refractivity contribution in [1.82, 2.24) is 4.90 Å². The molecule has 1 heterocycles. The van der Waals surface area contributed by atoms with E-state index in [-0.39, 0.29) is 13.2 Å². The second-order valence-electron chi connectivity index (χ2n) is 7.84. The molecule has 7 heteroatoms. The smallest absolute Gasteiger partial charge is 0.410 e. The molecule has 1 aliphatic heterocycles. The van der Waals surface area contributed by atoms with E-state index in [0.29, 0.717) is 19.4 Å². The lowest BCUT2D eigenvalue weighted by Gasteiger charge is -2.32. The molecule has 1 aliphatic rings. The SMILES string of the molecule is CCC[C@@H](O)[C@H]1[C@H](O)[C@@H](O)[C@H](COCc2ccccc2)N1C(=O)OCc1ccccc1. The Hall–Kier alpha value is -2.45. The van der Waals surface area contributed by atoms with Gasteiger partial charge in [-0.05, 0) is 17.5 Å². The van der Waals surface area contributed by atoms with Crippen molar-refractivity contribution in [3.05, 3.63) is 71.8 Å². The molecule has 0 saturated carbocycles. The highest BCUT2D eigenvalue weighted by Crippen LogP contribution is 2.30. The molecule has 0 aromatic heterocycles. The first-order valence-electron chi connectivity index (χ1n) is 10.7. The molecule has 31 heavy (non-hydrogen) atoms. The van der Waals surface area contributed by atoms with Crippen molar-refractivity contribution in [2.75, 3.05) is 6.61 Å². The van der Waals surface area contributed by atoms with Gasteiger partial charge in [-0.2, -0.15) is 0 Å². The van der Waals surface area contributed by atoms with E-state index < -0.39 is 36.5 Å². The van der Waals surface area contributed by atoms with Crippen LogP contribution in [0.2, 0.25) is 0 Å². The number of benzene rings is 2. The number of nitrogens with zero attached hydrogens (tertiary/aromatic N) is 1. The number of aliphatic hydroxyl groups excluding tert-OH is 3. The first-order valence-corrected chi connectivity index (χ1v) is 10.7. The third kappa shape index (κ3) is 5.83. The van der Waals surface area contributed by atoms with Crippen molar-refractivity contribution in [2.24, 2.45) is 0 Å². The molecular weight excluding hydrogens is 398 g/mol. The average Bonchev–Trinajstić information content (AvgIpc) is 3.04. The molecular formula is C24H31NO6. The number of ether oxygens (including phenoxy) is 2. The van der Waals surface area contributed by atoms with E-state index in [2.05, 4.69) is 0 Å². The van der Waals surface area contributed by atoms with Crippen LogP contribution in [0.5, 0.6) is 0 Å². The van der Waals surface area contributed by atoms with Gasteiger partial charge in [-0.25, -0.2) is 4.79 Å². The van der Waals surface area contributed by atoms with Crippen molar-refractivity contribution in [3.63, 3.8) is 0 Å². The van der Waals surface area contributed by atoms with Crippen LogP contribution >= 0.6 is 0 Å². The predicted octanol–water partition coefficient (Wildman–Crippen LogP) is 2.48. The van der Waals surface area contributed by atoms with E-state index in [1.54, 1.807) is 0 Å². The quantitative estimate of drug-likeness (QED) is 0.566. The molecule has 2 aromatic rings. The number of hydrogen-bond donors (Lipinski definition) is 3. The van der Waals surface area contributed by atoms with Gasteiger partial charge in [0, 0.05) is 0 Å². The first kappa shape index (κ1) is 23.2. The lowest BCUT2D eigenvalue weighted by Crippen LogP contribution is -2.50. The number of carbonyl (C=O) groups excluding carboxylic acids is 1. The standard InChI is InChI=1S/C24H31NO6/c1-2-9-20(26)21-23(28)22(27)19(16-30-14-17-10-5-3-6-11-17)25(21)24(29)31-15-18-12-7-4-8-13-18/h3-8,10-13,19-23,26-28H,2,9,14-16H2,1H3/t19-,20+,21-,22-,23-/m0/s1. The van der Waals surface area contributed by atoms with Gasteiger partial charge in [-0.15, -0.1) is 0 Å². The summed E-state index contributed by atoms with van der Waals surface area (Å²) in [4.78, 5) is 14.2. The zero-order valence-corrected chi connectivity index (χ0v) is 17.7. The largest absolute Gasteiger partial charge is 0.445 e. The minimum absolute atomic E-state index is 0.00288. The molecule has 0 radical (unpaired) electrons. The summed E-state index contributed by atoms with van der Waals surface area (Å²) >= 11 is 0. The molecule has 2 aromatic carbocycles. The fourth-order valence-electron chi connectivity index (χ4n) is 3.96. The van der Waals surface area contributed by atoms with Crippen LogP contribution in [0.3, 0.4) is 0 Å². The Balaban J connectivity index is 1.72. The van der Waals surface area contributed by atoms with Gasteiger partial charge in [0.05, 0.1) is 31.4 Å². The Labute approximate surface area is 182 Å². The predicted molar refractivity (Wildman–Crippen MR) is 115 cm³/mol. The zero-order valence-electron chi connectivity index (χ0n) is 17.7. The Kier molecular flexibility index (Phi) is 8.43. The normalized spacial score (nSPS) is 24.2. The first-order chi connectivity index (χ1) is 15.0. The van der Waals surface area contributed by atoms with E-state index in [9.17, 15) is 20.1 Å². The Morgan fingerprint density at radius 3 is 2.13 bits per heavy atom. The minimum Gasteiger partial charge on any atom is -0.445 e. The topological polar surface area (TPSA) is 99.5 Å². The summed E-state index contributed by atoms with van der Waals surface area (Å²) < 4.78 is 11.2. The van der Waals surface area contributed by atoms with E-state index in [4.69, 9.17) is 9.47 Å². The van der Waals surface area contributed by atoms with Gasteiger partial charge in [0.1, 0.15) is 18.8 Å². The van der Waals surface area contributed by atoms with Gasteiger partial charge in [-0.1, -0.05) is 74.0 Å². The number of likely N-dealkylation sites (tertiary alicyclic amines) is 1. The fraction of sp³-hybridized carbons (Fsp3) is 0.458. The van der Waals surface area contributed by atoms with Crippen LogP contribution in [0.25, 0.3) is 0 Å². The third-order valence-corrected chi connectivity index (χ3v) is 5.57. The molecule has 0 aliphatic carbocycles. The number of carbonyl (C=O) groups is 1. The highest BCUT2D eigenvalue weighted by Gasteiger charge is 2.53. The molecule has 3 rings (SSSR count). The zero-order chi connectivity index (χ0) is 22.2. The molecule has 3 N–H and O–H groups in total. The van der Waals surface area contributed by atoms with Crippen LogP contribution in [0.4, 0.5) is 4.79 Å². The second kappa shape index (κ2) is 11.2. The number of hydrogen-bond acceptors (Lipinski definition) is 6. The van der Waals surface area contributed by atoms with Gasteiger partial charge in [-0.3, -0.25) is 4.90 Å². The van der Waals surface area contributed by atoms with Crippen LogP contribution in [-0.2, 0) is 22.7 Å². The van der Waals surface area contributed by atoms with Gasteiger partial charge < -0.3 is 24.8 Å². The van der Waals surface area contributed by atoms with Gasteiger partial charge in [0.25, 0.3) is 0 Å². The van der Waals surface area contributed by atoms with Crippen LogP contribution in [-0.4, -0.2) is 63.3 Å². The maximum atomic E-state index is 13.0. The van der Waals surface area contributed by atoms with Crippen molar-refractivity contribution >= 4 is 6.09 Å². The highest BCUT2D eigenvalue weighted by molar-refractivity contribution is 5.69. The highest BCUT2D eigenvalue weighted by atomic mass is 16.6. The molecule has 1 fully saturated rings. The van der Waals surface area contributed by atoms with Crippen LogP contribution in [0.15, 0.2) is 60.7 Å². The summed E-state index contributed by atoms with van der Waals surface area (Å²) in [5.41, 5.74) is 1.77. The summed E-state index contributed by atoms with van der Waals surface area (Å²) in [6, 6.07) is 17.0. The van der Waals surface area contributed by atoms with Gasteiger partial charge in [0.15, 0.2) is 0 Å². The Morgan fingerprint density at radius 2 is 1.55 bits per heavy atom. The molecule has 1 amide bonds. The molecule has 1 saturated heterocycles. The fourth-order valence-corrected chi connectivity index (χ4v) is 3.96. The molecule has 5 atom stereocenters. The average molecular weight is 430 g/mol. The van der Waals surface area contributed by atoms with E-state index in [1.165, 1.54) is 4.90 Å². The number of amides is 1. The molecule has 0 bridgehead atoms. The summed E-state index contributed by atoms with van der Waals surface area (Å²) in [5.74, 6) is 0. The Morgan fingerprint density at radius 1 is 0.968 bits per heavy atom. The molecule has 0 unspecified atom stereocenters. The monoisotopic (exact) mass is 429 g/mol. The lowest BCUT2D eigenvalue weighted by atomic mass is 10.0. The second-order valence-corrected chi connectivity index (χ2v) is 7.84. The van der Waals surface area contributed by atoms with Gasteiger partial charge in [0.2, 0.25) is 0 Å². The molecule has 7 nitrogen and oxygen atoms in total. The Bertz CT molecular complexity index is 802. The van der Waals surface area contributed by atoms with E-state index in [0.717, 1.165) is 11.1 Å². The number of rotatable bonds is 9. The van der Waals surface area contributed by atoms with Crippen molar-refractivity contribution in [1.29, 1.82) is 0 Å². The van der Waals surface area contributed by atoms with Crippen LogP contribution in [0.1, 0.15) is 30.9 Å². The molecule has 168 valence electrons. The maximum Gasteiger partial charge on any atom is 0.410 e. The summed E-state index contributed by atoms with van der Waals surface area (Å²) in [6.45, 7) is 2.26. The van der Waals surface area contributed by atoms with Crippen LogP contribution in [0, 0.1) is 0 Å². The molecule has 0 spiro atoms. The number of aliphatic hydroxyl groups is 3. The van der Waals surface area contributed by atoms with E-state index >= 15 is 0 Å². The minimum atomic E-state index is -1.30. The van der Waals surface area contributed by atoms with Crippen molar-refractivity contribution < 1.29 is 29.6 Å². The van der Waals surface area contributed by atoms with Crippen molar-refractivity contribution in [3.8, 4) is 0 Å². The van der Waals surface area contributed by atoms with Crippen molar-refractivity contribution in [2.45, 2.75) is 63.4 Å². The lowest BCUT2D eigenvalue weighted by molar-refractivity contribution is -0.0146. The summed E-state index contributed by atoms with van der Waals surface area (Å²) in [6.07, 6.45) is -3.18. The summed E-state index contributed by atoms with van der Waals surface area (Å²) in [5, 5.41) is 31.9. The summed E-state index contributed by atoms with van der Waals surface area (Å²) in [7, 11) is 0. The van der Waals surface area contributed by atoms with Crippen LogP contribution < -0.4 is 0 Å².